The lowest BCUT2D eigenvalue weighted by Gasteiger charge is -2.32. The molecule has 3 nitrogen and oxygen atoms in total. The van der Waals surface area contributed by atoms with E-state index in [0.29, 0.717) is 0 Å². The van der Waals surface area contributed by atoms with Crippen molar-refractivity contribution in [1.29, 1.82) is 0 Å². The quantitative estimate of drug-likeness (QED) is 0.439. The van der Waals surface area contributed by atoms with E-state index in [2.05, 4.69) is 4.74 Å². The first-order valence-electron chi connectivity index (χ1n) is 5.25. The minimum atomic E-state index is -6.51. The lowest BCUT2D eigenvalue weighted by atomic mass is 9.98. The molecule has 0 heterocycles. The molecule has 0 aromatic rings. The Balaban J connectivity index is 5.43. The van der Waals surface area contributed by atoms with Crippen molar-refractivity contribution in [3.05, 3.63) is 12.3 Å². The molecular formula is C9H6F12O3. The number of hydrogen-bond acceptors (Lipinski definition) is 3. The fourth-order valence-electron chi connectivity index (χ4n) is 1.05. The van der Waals surface area contributed by atoms with Crippen molar-refractivity contribution < 1.29 is 67.6 Å². The summed E-state index contributed by atoms with van der Waals surface area (Å²) in [6.07, 6.45) is -29.7. The second-order valence-corrected chi connectivity index (χ2v) is 4.19. The standard InChI is InChI=1S/C9H6F12O3/c10-6(11,12)4(22,7(13,14)15)2-1-3-24-5(23,8(16,17)18)9(19,20)21/h1,3,22-23H,2H2/b3-1+. The highest BCUT2D eigenvalue weighted by Gasteiger charge is 2.74. The summed E-state index contributed by atoms with van der Waals surface area (Å²) in [6, 6.07) is 0. The fourth-order valence-corrected chi connectivity index (χ4v) is 1.05. The van der Waals surface area contributed by atoms with Crippen LogP contribution in [0, 0.1) is 0 Å². The lowest BCUT2D eigenvalue weighted by Crippen LogP contribution is -2.58. The molecule has 0 aliphatic heterocycles. The molecular weight excluding hydrogens is 384 g/mol. The second-order valence-electron chi connectivity index (χ2n) is 4.19. The van der Waals surface area contributed by atoms with Crippen molar-refractivity contribution in [1.82, 2.24) is 0 Å². The maximum absolute atomic E-state index is 12.2. The first-order valence-corrected chi connectivity index (χ1v) is 5.25. The predicted octanol–water partition coefficient (Wildman–Crippen LogP) is 3.58. The van der Waals surface area contributed by atoms with Gasteiger partial charge in [0.05, 0.1) is 6.26 Å². The van der Waals surface area contributed by atoms with Crippen LogP contribution in [0.3, 0.4) is 0 Å². The molecule has 24 heavy (non-hydrogen) atoms. The first kappa shape index (κ1) is 22.6. The molecule has 0 fully saturated rings. The third kappa shape index (κ3) is 4.17. The van der Waals surface area contributed by atoms with Crippen LogP contribution in [0.1, 0.15) is 6.42 Å². The van der Waals surface area contributed by atoms with Gasteiger partial charge in [-0.05, 0) is 6.08 Å². The summed E-state index contributed by atoms with van der Waals surface area (Å²) in [4.78, 5) is 0. The van der Waals surface area contributed by atoms with Crippen LogP contribution >= 0.6 is 0 Å². The van der Waals surface area contributed by atoms with Crippen molar-refractivity contribution >= 4 is 0 Å². The molecule has 0 bridgehead atoms. The van der Waals surface area contributed by atoms with Crippen molar-refractivity contribution in [2.45, 2.75) is 42.5 Å². The number of halogens is 12. The average Bonchev–Trinajstić information content (AvgIpc) is 2.28. The van der Waals surface area contributed by atoms with E-state index in [1.807, 2.05) is 0 Å². The summed E-state index contributed by atoms with van der Waals surface area (Å²) in [5.74, 6) is -5.87. The zero-order valence-electron chi connectivity index (χ0n) is 10.7. The third-order valence-electron chi connectivity index (χ3n) is 2.45. The molecule has 144 valence electrons. The monoisotopic (exact) mass is 390 g/mol. The molecule has 0 atom stereocenters. The Morgan fingerprint density at radius 2 is 0.958 bits per heavy atom. The van der Waals surface area contributed by atoms with Crippen LogP contribution in [0.4, 0.5) is 52.7 Å². The Bertz CT molecular complexity index is 384. The van der Waals surface area contributed by atoms with Crippen LogP contribution < -0.4 is 0 Å². The molecule has 0 aliphatic carbocycles. The summed E-state index contributed by atoms with van der Waals surface area (Å²) >= 11 is 0. The highest BCUT2D eigenvalue weighted by atomic mass is 19.4. The van der Waals surface area contributed by atoms with Gasteiger partial charge in [-0.3, -0.25) is 0 Å². The van der Waals surface area contributed by atoms with Gasteiger partial charge >= 0.3 is 30.5 Å². The third-order valence-corrected chi connectivity index (χ3v) is 2.45. The molecule has 0 saturated carbocycles. The van der Waals surface area contributed by atoms with E-state index < -0.39 is 54.9 Å². The van der Waals surface area contributed by atoms with Crippen LogP contribution in [-0.2, 0) is 4.74 Å². The zero-order chi connectivity index (χ0) is 19.8. The largest absolute Gasteiger partial charge is 0.465 e. The fraction of sp³-hybridized carbons (Fsp3) is 0.778. The predicted molar refractivity (Wildman–Crippen MR) is 49.0 cm³/mol. The van der Waals surface area contributed by atoms with Gasteiger partial charge in [0.1, 0.15) is 0 Å². The van der Waals surface area contributed by atoms with E-state index in [-0.39, 0.29) is 0 Å². The van der Waals surface area contributed by atoms with E-state index in [9.17, 15) is 52.7 Å². The number of hydrogen-bond donors (Lipinski definition) is 2. The Morgan fingerprint density at radius 1 is 0.625 bits per heavy atom. The number of rotatable bonds is 4. The molecule has 2 N–H and O–H groups in total. The Kier molecular flexibility index (Phi) is 5.81. The van der Waals surface area contributed by atoms with Crippen LogP contribution in [0.25, 0.3) is 0 Å². The molecule has 0 amide bonds. The number of alkyl halides is 12. The molecule has 0 radical (unpaired) electrons. The topological polar surface area (TPSA) is 49.7 Å². The molecule has 0 aromatic heterocycles. The zero-order valence-corrected chi connectivity index (χ0v) is 10.7. The van der Waals surface area contributed by atoms with Crippen molar-refractivity contribution in [2.24, 2.45) is 0 Å². The van der Waals surface area contributed by atoms with Crippen LogP contribution in [0.2, 0.25) is 0 Å². The summed E-state index contributed by atoms with van der Waals surface area (Å²) in [5, 5.41) is 17.0. The van der Waals surface area contributed by atoms with E-state index in [4.69, 9.17) is 10.2 Å². The van der Waals surface area contributed by atoms with Gasteiger partial charge in [-0.25, -0.2) is 0 Å². The molecule has 15 heteroatoms. The van der Waals surface area contributed by atoms with Crippen LogP contribution in [0.15, 0.2) is 12.3 Å². The van der Waals surface area contributed by atoms with E-state index >= 15 is 0 Å². The van der Waals surface area contributed by atoms with Gasteiger partial charge in [0.25, 0.3) is 5.60 Å². The molecule has 0 aromatic carbocycles. The van der Waals surface area contributed by atoms with Gasteiger partial charge in [0.2, 0.25) is 0 Å². The van der Waals surface area contributed by atoms with Gasteiger partial charge in [0, 0.05) is 6.42 Å². The number of aliphatic hydroxyl groups is 2. The molecule has 0 saturated heterocycles. The van der Waals surface area contributed by atoms with Gasteiger partial charge in [-0.15, -0.1) is 0 Å². The Labute approximate surface area is 124 Å². The Hall–Kier alpha value is -1.38. The summed E-state index contributed by atoms with van der Waals surface area (Å²) in [5.41, 5.74) is -5.45. The molecule has 0 spiro atoms. The smallest absolute Gasteiger partial charge is 0.455 e. The minimum Gasteiger partial charge on any atom is -0.455 e. The second kappa shape index (κ2) is 6.16. The summed E-state index contributed by atoms with van der Waals surface area (Å²) < 4.78 is 149. The van der Waals surface area contributed by atoms with Crippen molar-refractivity contribution in [2.75, 3.05) is 0 Å². The highest BCUT2D eigenvalue weighted by molar-refractivity contribution is 5.00. The molecule has 0 unspecified atom stereocenters. The summed E-state index contributed by atoms with van der Waals surface area (Å²) in [6.45, 7) is 0. The van der Waals surface area contributed by atoms with Gasteiger partial charge in [0.15, 0.2) is 0 Å². The first-order chi connectivity index (χ1) is 10.2. The Morgan fingerprint density at radius 3 is 1.21 bits per heavy atom. The molecule has 0 aliphatic rings. The van der Waals surface area contributed by atoms with Crippen molar-refractivity contribution in [3.8, 4) is 0 Å². The summed E-state index contributed by atoms with van der Waals surface area (Å²) in [7, 11) is 0. The van der Waals surface area contributed by atoms with E-state index in [0.717, 1.165) is 0 Å². The van der Waals surface area contributed by atoms with Crippen LogP contribution in [0.5, 0.6) is 0 Å². The van der Waals surface area contributed by atoms with Crippen molar-refractivity contribution in [3.63, 3.8) is 0 Å². The van der Waals surface area contributed by atoms with Gasteiger partial charge < -0.3 is 14.9 Å². The maximum Gasteiger partial charge on any atom is 0.465 e. The highest BCUT2D eigenvalue weighted by Crippen LogP contribution is 2.46. The van der Waals surface area contributed by atoms with Crippen LogP contribution in [-0.4, -0.2) is 46.3 Å². The minimum absolute atomic E-state index is 0.608. The van der Waals surface area contributed by atoms with Gasteiger partial charge in [-0.1, -0.05) is 0 Å². The van der Waals surface area contributed by atoms with E-state index in [1.54, 1.807) is 0 Å². The van der Waals surface area contributed by atoms with E-state index in [1.165, 1.54) is 0 Å². The average molecular weight is 390 g/mol. The van der Waals surface area contributed by atoms with Gasteiger partial charge in [-0.2, -0.15) is 52.7 Å². The SMILES string of the molecule is OC(C/C=C/OC(O)(C(F)(F)F)C(F)(F)F)(C(F)(F)F)C(F)(F)F. The maximum atomic E-state index is 12.2. The number of ether oxygens (including phenoxy) is 1. The lowest BCUT2D eigenvalue weighted by molar-refractivity contribution is -0.445. The molecule has 0 rings (SSSR count). The normalized spacial score (nSPS) is 15.9.